The van der Waals surface area contributed by atoms with Gasteiger partial charge in [0.05, 0.1) is 12.4 Å². The third kappa shape index (κ3) is 6.05. The molecule has 3 heterocycles. The number of benzene rings is 2. The van der Waals surface area contributed by atoms with Crippen molar-refractivity contribution in [3.8, 4) is 11.5 Å². The summed E-state index contributed by atoms with van der Waals surface area (Å²) in [5, 5.41) is 9.08. The molecule has 2 N–H and O–H groups in total. The van der Waals surface area contributed by atoms with Crippen molar-refractivity contribution in [3.05, 3.63) is 106 Å². The molecule has 0 amide bonds. The van der Waals surface area contributed by atoms with E-state index in [1.54, 1.807) is 12.4 Å². The summed E-state index contributed by atoms with van der Waals surface area (Å²) in [6.45, 7) is 17.9. The zero-order chi connectivity index (χ0) is 30.1. The zero-order valence-electron chi connectivity index (χ0n) is 25.8. The van der Waals surface area contributed by atoms with Crippen LogP contribution < -0.4 is 15.6 Å². The first-order chi connectivity index (χ1) is 19.8. The van der Waals surface area contributed by atoms with Crippen LogP contribution >= 0.6 is 0 Å². The molecule has 0 saturated heterocycles. The van der Waals surface area contributed by atoms with E-state index in [1.165, 1.54) is 11.1 Å². The summed E-state index contributed by atoms with van der Waals surface area (Å²) in [5.74, 6) is 2.94. The molecule has 7 nitrogen and oxygen atoms in total. The number of nitrogens with one attached hydrogen (secondary N) is 2. The van der Waals surface area contributed by atoms with E-state index >= 15 is 0 Å². The summed E-state index contributed by atoms with van der Waals surface area (Å²) in [5.41, 5.74) is 12.1. The number of fused-ring (bicyclic) bond motifs is 2. The molecular weight excluding hydrogens is 520 g/mol. The van der Waals surface area contributed by atoms with E-state index in [4.69, 9.17) is 4.74 Å². The van der Waals surface area contributed by atoms with Crippen LogP contribution in [0.3, 0.4) is 0 Å². The molecule has 4 aromatic rings. The van der Waals surface area contributed by atoms with E-state index in [0.29, 0.717) is 11.6 Å². The largest absolute Gasteiger partial charge is 0.455 e. The number of aromatic nitrogens is 2. The smallest absolute Gasteiger partial charge is 0.146 e. The molecule has 2 aromatic heterocycles. The number of anilines is 2. The first-order valence-electron chi connectivity index (χ1n) is 14.3. The van der Waals surface area contributed by atoms with Crippen LogP contribution in [0.4, 0.5) is 11.6 Å². The Morgan fingerprint density at radius 2 is 1.10 bits per heavy atom. The number of hydrazone groups is 2. The van der Waals surface area contributed by atoms with Gasteiger partial charge in [-0.3, -0.25) is 10.9 Å². The molecule has 0 aliphatic carbocycles. The van der Waals surface area contributed by atoms with E-state index in [0.717, 1.165) is 33.8 Å². The quantitative estimate of drug-likeness (QED) is 0.183. The van der Waals surface area contributed by atoms with Crippen molar-refractivity contribution in [2.24, 2.45) is 10.2 Å². The minimum atomic E-state index is -0.348. The molecule has 0 bridgehead atoms. The second kappa shape index (κ2) is 11.0. The van der Waals surface area contributed by atoms with E-state index in [-0.39, 0.29) is 16.2 Å². The number of pyridine rings is 2. The third-order valence-corrected chi connectivity index (χ3v) is 7.61. The molecule has 0 saturated carbocycles. The van der Waals surface area contributed by atoms with Gasteiger partial charge in [0.15, 0.2) is 0 Å². The highest BCUT2D eigenvalue weighted by atomic mass is 16.5. The number of rotatable bonds is 6. The van der Waals surface area contributed by atoms with Crippen molar-refractivity contribution < 1.29 is 4.74 Å². The highest BCUT2D eigenvalue weighted by Gasteiger charge is 2.38. The molecule has 0 radical (unpaired) electrons. The van der Waals surface area contributed by atoms with Gasteiger partial charge in [-0.1, -0.05) is 79.7 Å². The van der Waals surface area contributed by atoms with Gasteiger partial charge in [-0.25, -0.2) is 9.97 Å². The van der Waals surface area contributed by atoms with Crippen molar-refractivity contribution in [1.82, 2.24) is 9.97 Å². The van der Waals surface area contributed by atoms with Gasteiger partial charge in [-0.15, -0.1) is 0 Å². The van der Waals surface area contributed by atoms with Gasteiger partial charge in [0.1, 0.15) is 23.1 Å². The lowest BCUT2D eigenvalue weighted by Crippen LogP contribution is -2.28. The van der Waals surface area contributed by atoms with Crippen molar-refractivity contribution in [3.63, 3.8) is 0 Å². The van der Waals surface area contributed by atoms with Gasteiger partial charge in [0.25, 0.3) is 0 Å². The van der Waals surface area contributed by atoms with Gasteiger partial charge < -0.3 is 4.74 Å². The Balaban J connectivity index is 1.64. The van der Waals surface area contributed by atoms with Crippen LogP contribution in [0.1, 0.15) is 88.8 Å². The van der Waals surface area contributed by atoms with Gasteiger partial charge in [0.2, 0.25) is 0 Å². The van der Waals surface area contributed by atoms with E-state index in [1.807, 2.05) is 48.8 Å². The fourth-order valence-electron chi connectivity index (χ4n) is 4.96. The van der Waals surface area contributed by atoms with E-state index in [9.17, 15) is 0 Å². The van der Waals surface area contributed by atoms with Crippen LogP contribution in [0.15, 0.2) is 83.3 Å². The van der Waals surface area contributed by atoms with Crippen LogP contribution in [0.2, 0.25) is 0 Å². The monoisotopic (exact) mass is 560 g/mol. The minimum absolute atomic E-state index is 0.0649. The van der Waals surface area contributed by atoms with Gasteiger partial charge in [-0.2, -0.15) is 10.2 Å². The van der Waals surface area contributed by atoms with E-state index < -0.39 is 0 Å². The molecule has 0 unspecified atom stereocenters. The highest BCUT2D eigenvalue weighted by molar-refractivity contribution is 5.90. The molecule has 0 atom stereocenters. The van der Waals surface area contributed by atoms with Crippen molar-refractivity contribution in [1.29, 1.82) is 0 Å². The second-order valence-electron chi connectivity index (χ2n) is 13.3. The summed E-state index contributed by atoms with van der Waals surface area (Å²) < 4.78 is 6.85. The van der Waals surface area contributed by atoms with E-state index in [2.05, 4.69) is 111 Å². The number of nitrogens with zero attached hydrogens (tertiary/aromatic N) is 4. The molecule has 216 valence electrons. The molecule has 0 spiro atoms. The maximum absolute atomic E-state index is 6.85. The molecule has 42 heavy (non-hydrogen) atoms. The fourth-order valence-corrected chi connectivity index (χ4v) is 4.96. The summed E-state index contributed by atoms with van der Waals surface area (Å²) in [4.78, 5) is 8.63. The third-order valence-electron chi connectivity index (χ3n) is 7.61. The SMILES string of the molecule is CC(C)(C)c1cc(/C=N/Nc2ccccn2)c2c(c1)C(C)(C)c1cc(C(C)(C)C)cc(/C=N/Nc3ccccn3)c1O2. The zero-order valence-corrected chi connectivity index (χ0v) is 25.8. The van der Waals surface area contributed by atoms with Crippen LogP contribution in [0.5, 0.6) is 11.5 Å². The Kier molecular flexibility index (Phi) is 7.62. The Hall–Kier alpha value is -4.52. The summed E-state index contributed by atoms with van der Waals surface area (Å²) in [6, 6.07) is 20.3. The molecule has 2 aromatic carbocycles. The predicted molar refractivity (Wildman–Crippen MR) is 173 cm³/mol. The lowest BCUT2D eigenvalue weighted by atomic mass is 9.71. The van der Waals surface area contributed by atoms with Crippen LogP contribution in [-0.2, 0) is 16.2 Å². The van der Waals surface area contributed by atoms with Crippen LogP contribution in [0.25, 0.3) is 0 Å². The normalized spacial score (nSPS) is 14.4. The van der Waals surface area contributed by atoms with Crippen molar-refractivity contribution in [2.45, 2.75) is 71.6 Å². The summed E-state index contributed by atoms with van der Waals surface area (Å²) >= 11 is 0. The fraction of sp³-hybridized carbons (Fsp3) is 0.314. The minimum Gasteiger partial charge on any atom is -0.455 e. The number of ether oxygens (including phenoxy) is 1. The molecular formula is C35H40N6O. The highest BCUT2D eigenvalue weighted by Crippen LogP contribution is 2.52. The van der Waals surface area contributed by atoms with Crippen LogP contribution in [0, 0.1) is 0 Å². The van der Waals surface area contributed by atoms with Crippen molar-refractivity contribution in [2.75, 3.05) is 10.9 Å². The Morgan fingerprint density at radius 1 is 0.667 bits per heavy atom. The summed E-state index contributed by atoms with van der Waals surface area (Å²) in [6.07, 6.45) is 7.12. The van der Waals surface area contributed by atoms with Gasteiger partial charge >= 0.3 is 0 Å². The molecule has 5 rings (SSSR count). The lowest BCUT2D eigenvalue weighted by Gasteiger charge is -2.38. The maximum Gasteiger partial charge on any atom is 0.146 e. The first-order valence-corrected chi connectivity index (χ1v) is 14.3. The van der Waals surface area contributed by atoms with Crippen molar-refractivity contribution >= 4 is 24.1 Å². The predicted octanol–water partition coefficient (Wildman–Crippen LogP) is 8.40. The molecule has 1 aliphatic heterocycles. The molecule has 1 aliphatic rings. The average molecular weight is 561 g/mol. The second-order valence-corrected chi connectivity index (χ2v) is 13.3. The topological polar surface area (TPSA) is 83.8 Å². The first kappa shape index (κ1) is 29.0. The number of hydrogen-bond donors (Lipinski definition) is 2. The molecule has 7 heteroatoms. The Bertz CT molecular complexity index is 1510. The van der Waals surface area contributed by atoms with Crippen LogP contribution in [-0.4, -0.2) is 22.4 Å². The molecule has 0 fully saturated rings. The Labute approximate surface area is 249 Å². The number of hydrogen-bond acceptors (Lipinski definition) is 7. The average Bonchev–Trinajstić information content (AvgIpc) is 2.93. The Morgan fingerprint density at radius 3 is 1.45 bits per heavy atom. The lowest BCUT2D eigenvalue weighted by molar-refractivity contribution is 0.413. The van der Waals surface area contributed by atoms with Gasteiger partial charge in [0, 0.05) is 40.1 Å². The summed E-state index contributed by atoms with van der Waals surface area (Å²) in [7, 11) is 0. The maximum atomic E-state index is 6.85. The van der Waals surface area contributed by atoms with Gasteiger partial charge in [-0.05, 0) is 58.4 Å². The standard InChI is InChI=1S/C35H40N6O/c1-33(2,3)25-17-23(21-38-40-29-13-9-11-15-36-29)31-27(19-25)35(7,8)28-20-26(34(4,5)6)18-24(32(28)42-31)22-39-41-30-14-10-12-16-37-30/h9-22H,1-8H3,(H,36,40)(H,37,41)/b38-21+,39-22+.